The summed E-state index contributed by atoms with van der Waals surface area (Å²) in [4.78, 5) is 0. The van der Waals surface area contributed by atoms with E-state index in [0.29, 0.717) is 16.3 Å². The molecule has 0 saturated carbocycles. The smallest absolute Gasteiger partial charge is 0.154 e. The number of aromatic nitrogens is 2. The van der Waals surface area contributed by atoms with Gasteiger partial charge in [0.05, 0.1) is 12.7 Å². The topological polar surface area (TPSA) is 47.0 Å². The lowest BCUT2D eigenvalue weighted by atomic mass is 10.2. The Morgan fingerprint density at radius 1 is 1.37 bits per heavy atom. The second-order valence-electron chi connectivity index (χ2n) is 3.92. The van der Waals surface area contributed by atoms with Crippen LogP contribution in [0.2, 0.25) is 0 Å². The first-order chi connectivity index (χ1) is 9.26. The molecular formula is C13H16FN3OS. The Labute approximate surface area is 115 Å². The molecular weight excluding hydrogens is 265 g/mol. The van der Waals surface area contributed by atoms with Gasteiger partial charge in [0.1, 0.15) is 16.6 Å². The van der Waals surface area contributed by atoms with Crippen molar-refractivity contribution in [1.29, 1.82) is 0 Å². The largest absolute Gasteiger partial charge is 0.496 e. The molecule has 0 atom stereocenters. The van der Waals surface area contributed by atoms with E-state index >= 15 is 0 Å². The van der Waals surface area contributed by atoms with Crippen molar-refractivity contribution in [3.8, 4) is 16.3 Å². The minimum absolute atomic E-state index is 0.339. The molecule has 1 aromatic heterocycles. The van der Waals surface area contributed by atoms with E-state index in [4.69, 9.17) is 4.74 Å². The van der Waals surface area contributed by atoms with E-state index in [1.54, 1.807) is 12.1 Å². The summed E-state index contributed by atoms with van der Waals surface area (Å²) in [5.41, 5.74) is 0.386. The Bertz CT molecular complexity index is 544. The summed E-state index contributed by atoms with van der Waals surface area (Å²) < 4.78 is 19.1. The molecule has 0 bridgehead atoms. The Hall–Kier alpha value is -1.53. The molecule has 1 aromatic carbocycles. The maximum Gasteiger partial charge on any atom is 0.154 e. The Morgan fingerprint density at radius 2 is 2.21 bits per heavy atom. The van der Waals surface area contributed by atoms with Crippen LogP contribution in [0.25, 0.3) is 10.6 Å². The minimum atomic E-state index is -0.339. The number of halogens is 1. The van der Waals surface area contributed by atoms with Crippen molar-refractivity contribution >= 4 is 11.3 Å². The molecule has 0 aliphatic heterocycles. The van der Waals surface area contributed by atoms with Crippen molar-refractivity contribution in [2.24, 2.45) is 0 Å². The average molecular weight is 281 g/mol. The zero-order chi connectivity index (χ0) is 13.7. The standard InChI is InChI=1S/C13H16FN3OS/c1-3-15-8-7-11-16-17-13(19-11)12-9(14)5-4-6-10(12)18-2/h4-6,15H,3,7-8H2,1-2H3. The van der Waals surface area contributed by atoms with E-state index in [-0.39, 0.29) is 5.82 Å². The first-order valence-corrected chi connectivity index (χ1v) is 6.94. The molecule has 0 amide bonds. The number of hydrogen-bond donors (Lipinski definition) is 1. The highest BCUT2D eigenvalue weighted by Gasteiger charge is 2.16. The molecule has 2 rings (SSSR count). The molecule has 0 unspecified atom stereocenters. The summed E-state index contributed by atoms with van der Waals surface area (Å²) in [5, 5.41) is 12.8. The zero-order valence-electron chi connectivity index (χ0n) is 10.9. The fourth-order valence-corrected chi connectivity index (χ4v) is 2.60. The normalized spacial score (nSPS) is 10.7. The monoisotopic (exact) mass is 281 g/mol. The number of rotatable bonds is 6. The lowest BCUT2D eigenvalue weighted by Gasteiger charge is -2.05. The first kappa shape index (κ1) is 13.9. The SMILES string of the molecule is CCNCCc1nnc(-c2c(F)cccc2OC)s1. The van der Waals surface area contributed by atoms with Gasteiger partial charge in [0, 0.05) is 13.0 Å². The summed E-state index contributed by atoms with van der Waals surface area (Å²) in [7, 11) is 1.52. The summed E-state index contributed by atoms with van der Waals surface area (Å²) in [5.74, 6) is 0.142. The number of likely N-dealkylation sites (N-methyl/N-ethyl adjacent to an activating group) is 1. The molecule has 1 N–H and O–H groups in total. The second-order valence-corrected chi connectivity index (χ2v) is 4.98. The molecule has 0 fully saturated rings. The number of methoxy groups -OCH3 is 1. The Morgan fingerprint density at radius 3 is 2.95 bits per heavy atom. The second kappa shape index (κ2) is 6.58. The van der Waals surface area contributed by atoms with Crippen molar-refractivity contribution in [3.05, 3.63) is 29.0 Å². The number of benzene rings is 1. The van der Waals surface area contributed by atoms with Gasteiger partial charge in [-0.3, -0.25) is 0 Å². The average Bonchev–Trinajstić information content (AvgIpc) is 2.87. The van der Waals surface area contributed by atoms with Crippen molar-refractivity contribution in [1.82, 2.24) is 15.5 Å². The first-order valence-electron chi connectivity index (χ1n) is 6.12. The van der Waals surface area contributed by atoms with E-state index in [1.807, 2.05) is 0 Å². The van der Waals surface area contributed by atoms with E-state index in [0.717, 1.165) is 24.5 Å². The predicted octanol–water partition coefficient (Wildman–Crippen LogP) is 2.50. The maximum atomic E-state index is 13.9. The van der Waals surface area contributed by atoms with Crippen LogP contribution in [0.4, 0.5) is 4.39 Å². The van der Waals surface area contributed by atoms with Crippen molar-refractivity contribution in [2.45, 2.75) is 13.3 Å². The Balaban J connectivity index is 2.23. The highest BCUT2D eigenvalue weighted by Crippen LogP contribution is 2.34. The third kappa shape index (κ3) is 3.27. The lowest BCUT2D eigenvalue weighted by molar-refractivity contribution is 0.413. The van der Waals surface area contributed by atoms with Crippen LogP contribution < -0.4 is 10.1 Å². The van der Waals surface area contributed by atoms with Crippen LogP contribution in [0.5, 0.6) is 5.75 Å². The molecule has 0 aliphatic rings. The van der Waals surface area contributed by atoms with Crippen LogP contribution in [0, 0.1) is 5.82 Å². The van der Waals surface area contributed by atoms with Crippen LogP contribution in [0.1, 0.15) is 11.9 Å². The lowest BCUT2D eigenvalue weighted by Crippen LogP contribution is -2.15. The number of hydrogen-bond acceptors (Lipinski definition) is 5. The van der Waals surface area contributed by atoms with Gasteiger partial charge in [-0.15, -0.1) is 10.2 Å². The minimum Gasteiger partial charge on any atom is -0.496 e. The molecule has 4 nitrogen and oxygen atoms in total. The van der Waals surface area contributed by atoms with E-state index in [9.17, 15) is 4.39 Å². The summed E-state index contributed by atoms with van der Waals surface area (Å²) in [6.45, 7) is 3.82. The van der Waals surface area contributed by atoms with Crippen LogP contribution in [0.3, 0.4) is 0 Å². The summed E-state index contributed by atoms with van der Waals surface area (Å²) in [6.07, 6.45) is 0.794. The number of nitrogens with zero attached hydrogens (tertiary/aromatic N) is 2. The number of ether oxygens (including phenoxy) is 1. The number of nitrogens with one attached hydrogen (secondary N) is 1. The van der Waals surface area contributed by atoms with Gasteiger partial charge in [-0.1, -0.05) is 24.3 Å². The Kier molecular flexibility index (Phi) is 4.81. The van der Waals surface area contributed by atoms with Crippen LogP contribution >= 0.6 is 11.3 Å². The van der Waals surface area contributed by atoms with Crippen LogP contribution in [-0.2, 0) is 6.42 Å². The molecule has 0 saturated heterocycles. The van der Waals surface area contributed by atoms with E-state index in [2.05, 4.69) is 22.4 Å². The van der Waals surface area contributed by atoms with Crippen LogP contribution in [0.15, 0.2) is 18.2 Å². The van der Waals surface area contributed by atoms with E-state index in [1.165, 1.54) is 24.5 Å². The van der Waals surface area contributed by atoms with Gasteiger partial charge in [-0.25, -0.2) is 4.39 Å². The highest BCUT2D eigenvalue weighted by molar-refractivity contribution is 7.14. The van der Waals surface area contributed by atoms with Crippen molar-refractivity contribution in [3.63, 3.8) is 0 Å². The van der Waals surface area contributed by atoms with Crippen molar-refractivity contribution < 1.29 is 9.13 Å². The van der Waals surface area contributed by atoms with Crippen LogP contribution in [-0.4, -0.2) is 30.4 Å². The fourth-order valence-electron chi connectivity index (χ4n) is 1.71. The van der Waals surface area contributed by atoms with Gasteiger partial charge < -0.3 is 10.1 Å². The third-order valence-corrected chi connectivity index (χ3v) is 3.64. The molecule has 0 aliphatic carbocycles. The molecule has 6 heteroatoms. The zero-order valence-corrected chi connectivity index (χ0v) is 11.8. The molecule has 1 heterocycles. The summed E-state index contributed by atoms with van der Waals surface area (Å²) >= 11 is 1.40. The highest BCUT2D eigenvalue weighted by atomic mass is 32.1. The summed E-state index contributed by atoms with van der Waals surface area (Å²) in [6, 6.07) is 4.74. The fraction of sp³-hybridized carbons (Fsp3) is 0.385. The maximum absolute atomic E-state index is 13.9. The molecule has 2 aromatic rings. The van der Waals surface area contributed by atoms with Gasteiger partial charge >= 0.3 is 0 Å². The molecule has 0 radical (unpaired) electrons. The van der Waals surface area contributed by atoms with Gasteiger partial charge in [0.25, 0.3) is 0 Å². The molecule has 102 valence electrons. The predicted molar refractivity (Wildman–Crippen MR) is 74.1 cm³/mol. The van der Waals surface area contributed by atoms with E-state index < -0.39 is 0 Å². The van der Waals surface area contributed by atoms with Gasteiger partial charge in [0.2, 0.25) is 0 Å². The van der Waals surface area contributed by atoms with Crippen molar-refractivity contribution in [2.75, 3.05) is 20.2 Å². The van der Waals surface area contributed by atoms with Gasteiger partial charge in [0.15, 0.2) is 5.01 Å². The molecule has 19 heavy (non-hydrogen) atoms. The van der Waals surface area contributed by atoms with Gasteiger partial charge in [-0.05, 0) is 18.7 Å². The molecule has 0 spiro atoms. The third-order valence-electron chi connectivity index (χ3n) is 2.64. The van der Waals surface area contributed by atoms with Gasteiger partial charge in [-0.2, -0.15) is 0 Å². The quantitative estimate of drug-likeness (QED) is 0.826.